The van der Waals surface area contributed by atoms with Gasteiger partial charge in [0.15, 0.2) is 5.82 Å². The lowest BCUT2D eigenvalue weighted by molar-refractivity contribution is 0.0942. The number of carbonyl (C=O) groups excluding carboxylic acids is 1. The number of hydrogen-bond donors (Lipinski definition) is 3. The monoisotopic (exact) mass is 397 g/mol. The van der Waals surface area contributed by atoms with Crippen LogP contribution in [0.25, 0.3) is 11.5 Å². The van der Waals surface area contributed by atoms with Gasteiger partial charge in [-0.15, -0.1) is 0 Å². The molecule has 8 nitrogen and oxygen atoms in total. The van der Waals surface area contributed by atoms with Crippen molar-refractivity contribution in [1.82, 2.24) is 20.3 Å². The number of benzene rings is 1. The Morgan fingerprint density at radius 1 is 1.24 bits per heavy atom. The van der Waals surface area contributed by atoms with E-state index >= 15 is 0 Å². The van der Waals surface area contributed by atoms with Crippen LogP contribution in [0.5, 0.6) is 0 Å². The molecule has 0 atom stereocenters. The van der Waals surface area contributed by atoms with Gasteiger partial charge >= 0.3 is 0 Å². The van der Waals surface area contributed by atoms with Crippen LogP contribution in [0.2, 0.25) is 0 Å². The molecular weight excluding hydrogens is 377 g/mol. The van der Waals surface area contributed by atoms with E-state index in [4.69, 9.17) is 0 Å². The van der Waals surface area contributed by atoms with Crippen LogP contribution in [0.1, 0.15) is 21.6 Å². The average Bonchev–Trinajstić information content (AvgIpc) is 2.72. The van der Waals surface area contributed by atoms with E-state index in [2.05, 4.69) is 20.3 Å². The Kier molecular flexibility index (Phi) is 5.99. The highest BCUT2D eigenvalue weighted by Gasteiger charge is 2.20. The van der Waals surface area contributed by atoms with Crippen LogP contribution in [0.4, 0.5) is 10.1 Å². The number of rotatable bonds is 6. The van der Waals surface area contributed by atoms with Crippen LogP contribution < -0.4 is 15.8 Å². The zero-order valence-electron chi connectivity index (χ0n) is 15.9. The predicted octanol–water partition coefficient (Wildman–Crippen LogP) is 1.46. The molecule has 0 fully saturated rings. The number of anilines is 1. The Labute approximate surface area is 166 Å². The maximum absolute atomic E-state index is 13.0. The van der Waals surface area contributed by atoms with E-state index in [0.29, 0.717) is 16.9 Å². The summed E-state index contributed by atoms with van der Waals surface area (Å²) in [5.41, 5.74) is 0.808. The topological polar surface area (TPSA) is 111 Å². The number of amides is 1. The van der Waals surface area contributed by atoms with Crippen molar-refractivity contribution >= 4 is 11.6 Å². The van der Waals surface area contributed by atoms with Gasteiger partial charge in [0.2, 0.25) is 0 Å². The van der Waals surface area contributed by atoms with Gasteiger partial charge in [0.05, 0.1) is 17.9 Å². The molecule has 1 amide bonds. The van der Waals surface area contributed by atoms with Gasteiger partial charge < -0.3 is 20.3 Å². The Morgan fingerprint density at radius 2 is 1.97 bits per heavy atom. The smallest absolute Gasteiger partial charge is 0.270 e. The molecule has 29 heavy (non-hydrogen) atoms. The number of nitrogens with zero attached hydrogens (tertiary/aromatic N) is 3. The zero-order chi connectivity index (χ0) is 21.0. The number of carbonyl (C=O) groups is 1. The number of hydrogen-bond acceptors (Lipinski definition) is 6. The lowest BCUT2D eigenvalue weighted by atomic mass is 10.2. The molecule has 0 radical (unpaired) electrons. The predicted molar refractivity (Wildman–Crippen MR) is 106 cm³/mol. The highest BCUT2D eigenvalue weighted by Crippen LogP contribution is 2.24. The summed E-state index contributed by atoms with van der Waals surface area (Å²) in [6, 6.07) is 9.20. The first-order chi connectivity index (χ1) is 13.9. The number of H-pyrrole nitrogens is 1. The number of aromatic nitrogens is 3. The second kappa shape index (κ2) is 8.61. The highest BCUT2D eigenvalue weighted by atomic mass is 19.1. The third-order valence-electron chi connectivity index (χ3n) is 4.25. The first-order valence-electron chi connectivity index (χ1n) is 8.80. The first kappa shape index (κ1) is 20.2. The van der Waals surface area contributed by atoms with Gasteiger partial charge in [0, 0.05) is 26.8 Å². The minimum atomic E-state index is -0.648. The summed E-state index contributed by atoms with van der Waals surface area (Å²) in [6.07, 6.45) is 1.55. The number of aliphatic hydroxyl groups is 1. The second-order valence-corrected chi connectivity index (χ2v) is 6.47. The minimum Gasteiger partial charge on any atom is -0.391 e. The van der Waals surface area contributed by atoms with Crippen molar-refractivity contribution in [2.45, 2.75) is 13.2 Å². The van der Waals surface area contributed by atoms with Crippen LogP contribution >= 0.6 is 0 Å². The fraction of sp³-hybridized carbons (Fsp3) is 0.200. The summed E-state index contributed by atoms with van der Waals surface area (Å²) in [5.74, 6) is -0.896. The quantitative estimate of drug-likeness (QED) is 0.581. The van der Waals surface area contributed by atoms with Crippen molar-refractivity contribution < 1.29 is 14.3 Å². The number of aromatic amines is 1. The molecule has 0 aliphatic heterocycles. The lowest BCUT2D eigenvalue weighted by Crippen LogP contribution is -2.30. The number of aliphatic hydroxyl groups excluding tert-OH is 1. The second-order valence-electron chi connectivity index (χ2n) is 6.47. The van der Waals surface area contributed by atoms with Crippen molar-refractivity contribution in [3.05, 3.63) is 75.6 Å². The summed E-state index contributed by atoms with van der Waals surface area (Å²) in [6.45, 7) is -0.537. The highest BCUT2D eigenvalue weighted by molar-refractivity contribution is 5.94. The number of nitrogens with one attached hydrogen (secondary N) is 2. The van der Waals surface area contributed by atoms with Crippen LogP contribution in [-0.4, -0.2) is 40.1 Å². The summed E-state index contributed by atoms with van der Waals surface area (Å²) in [4.78, 5) is 38.0. The van der Waals surface area contributed by atoms with E-state index in [1.165, 1.54) is 24.3 Å². The van der Waals surface area contributed by atoms with Crippen LogP contribution in [-0.2, 0) is 13.2 Å². The third kappa shape index (κ3) is 4.46. The van der Waals surface area contributed by atoms with Crippen molar-refractivity contribution in [2.75, 3.05) is 19.0 Å². The summed E-state index contributed by atoms with van der Waals surface area (Å²) >= 11 is 0. The summed E-state index contributed by atoms with van der Waals surface area (Å²) in [5, 5.41) is 12.2. The van der Waals surface area contributed by atoms with Crippen LogP contribution in [0.3, 0.4) is 0 Å². The first-order valence-corrected chi connectivity index (χ1v) is 8.80. The molecule has 0 saturated heterocycles. The van der Waals surface area contributed by atoms with E-state index in [0.717, 1.165) is 0 Å². The Balaban J connectivity index is 1.97. The van der Waals surface area contributed by atoms with E-state index in [1.54, 1.807) is 23.2 Å². The standard InChI is InChI=1S/C20H20FN5O3/c1-26(2)15-4-3-9-22-17(15)18-24-16(14(11-27)19(28)25-18)20(29)23-10-12-5-7-13(21)8-6-12/h3-9,27H,10-11H2,1-2H3,(H,23,29)(H,24,25,28). The molecule has 0 saturated carbocycles. The molecule has 0 unspecified atom stereocenters. The van der Waals surface area contributed by atoms with Gasteiger partial charge in [-0.25, -0.2) is 9.37 Å². The summed E-state index contributed by atoms with van der Waals surface area (Å²) in [7, 11) is 3.63. The van der Waals surface area contributed by atoms with Crippen molar-refractivity contribution in [3.8, 4) is 11.5 Å². The summed E-state index contributed by atoms with van der Waals surface area (Å²) < 4.78 is 13.0. The van der Waals surface area contributed by atoms with Crippen molar-refractivity contribution in [1.29, 1.82) is 0 Å². The normalized spacial score (nSPS) is 10.6. The molecule has 9 heteroatoms. The molecule has 3 rings (SSSR count). The average molecular weight is 397 g/mol. The molecule has 1 aromatic carbocycles. The fourth-order valence-corrected chi connectivity index (χ4v) is 2.75. The van der Waals surface area contributed by atoms with Crippen LogP contribution in [0, 0.1) is 5.82 Å². The molecule has 0 aliphatic carbocycles. The van der Waals surface area contributed by atoms with Gasteiger partial charge in [-0.1, -0.05) is 12.1 Å². The van der Waals surface area contributed by atoms with Gasteiger partial charge in [0.1, 0.15) is 17.2 Å². The largest absolute Gasteiger partial charge is 0.391 e. The molecular formula is C20H20FN5O3. The van der Waals surface area contributed by atoms with Gasteiger partial charge in [-0.2, -0.15) is 0 Å². The molecule has 0 bridgehead atoms. The SMILES string of the molecule is CN(C)c1cccnc1-c1nc(C(=O)NCc2ccc(F)cc2)c(CO)c(=O)[nH]1. The fourth-order valence-electron chi connectivity index (χ4n) is 2.75. The maximum Gasteiger partial charge on any atom is 0.270 e. The van der Waals surface area contributed by atoms with Gasteiger partial charge in [-0.3, -0.25) is 14.6 Å². The van der Waals surface area contributed by atoms with E-state index in [9.17, 15) is 19.1 Å². The Bertz CT molecular complexity index is 1080. The molecule has 2 heterocycles. The van der Waals surface area contributed by atoms with Crippen LogP contribution in [0.15, 0.2) is 47.4 Å². The lowest BCUT2D eigenvalue weighted by Gasteiger charge is -2.16. The van der Waals surface area contributed by atoms with Gasteiger partial charge in [0.25, 0.3) is 11.5 Å². The van der Waals surface area contributed by atoms with Crippen molar-refractivity contribution in [3.63, 3.8) is 0 Å². The zero-order valence-corrected chi connectivity index (χ0v) is 15.9. The van der Waals surface area contributed by atoms with E-state index < -0.39 is 18.1 Å². The molecule has 3 N–H and O–H groups in total. The number of halogens is 1. The van der Waals surface area contributed by atoms with E-state index in [-0.39, 0.29) is 29.4 Å². The minimum absolute atomic E-state index is 0.111. The molecule has 0 aliphatic rings. The molecule has 3 aromatic rings. The molecule has 0 spiro atoms. The van der Waals surface area contributed by atoms with Gasteiger partial charge in [-0.05, 0) is 29.8 Å². The van der Waals surface area contributed by atoms with E-state index in [1.807, 2.05) is 14.1 Å². The Morgan fingerprint density at radius 3 is 2.62 bits per heavy atom. The number of pyridine rings is 1. The Hall–Kier alpha value is -3.59. The molecule has 2 aromatic heterocycles. The third-order valence-corrected chi connectivity index (χ3v) is 4.25. The van der Waals surface area contributed by atoms with Crippen molar-refractivity contribution in [2.24, 2.45) is 0 Å². The molecule has 150 valence electrons. The maximum atomic E-state index is 13.0.